The van der Waals surface area contributed by atoms with Gasteiger partial charge in [-0.3, -0.25) is 0 Å². The van der Waals surface area contributed by atoms with Crippen LogP contribution in [0.5, 0.6) is 0 Å². The highest BCUT2D eigenvalue weighted by atomic mass is 14.8. The van der Waals surface area contributed by atoms with Gasteiger partial charge < -0.3 is 0 Å². The van der Waals surface area contributed by atoms with Crippen LogP contribution >= 0.6 is 0 Å². The maximum Gasteiger partial charge on any atom is 0.116 e. The molecule has 18 heavy (non-hydrogen) atoms. The number of aromatic nitrogens is 2. The zero-order chi connectivity index (χ0) is 11.9. The van der Waals surface area contributed by atoms with E-state index in [2.05, 4.69) is 58.5 Å². The van der Waals surface area contributed by atoms with Crippen molar-refractivity contribution in [3.8, 4) is 11.1 Å². The van der Waals surface area contributed by atoms with Crippen molar-refractivity contribution >= 4 is 21.7 Å². The molecule has 1 heterocycles. The molecule has 84 valence electrons. The average molecular weight is 230 g/mol. The SMILES string of the molecule is c1cc2cc3ccccc3c3ncncc3c-2c1. The molecule has 0 fully saturated rings. The zero-order valence-corrected chi connectivity index (χ0v) is 9.67. The van der Waals surface area contributed by atoms with Gasteiger partial charge >= 0.3 is 0 Å². The van der Waals surface area contributed by atoms with Crippen molar-refractivity contribution in [3.05, 3.63) is 61.1 Å². The lowest BCUT2D eigenvalue weighted by molar-refractivity contribution is 1.23. The van der Waals surface area contributed by atoms with Gasteiger partial charge in [0, 0.05) is 17.0 Å². The third kappa shape index (κ3) is 1.23. The molecule has 0 radical (unpaired) electrons. The Hall–Kier alpha value is -2.48. The summed E-state index contributed by atoms with van der Waals surface area (Å²) in [5.74, 6) is 0. The quantitative estimate of drug-likeness (QED) is 0.458. The molecule has 1 aromatic heterocycles. The molecular weight excluding hydrogens is 220 g/mol. The van der Waals surface area contributed by atoms with Crippen LogP contribution in [0, 0.1) is 0 Å². The molecule has 0 bridgehead atoms. The van der Waals surface area contributed by atoms with Crippen LogP contribution in [0.15, 0.2) is 61.1 Å². The fourth-order valence-electron chi connectivity index (χ4n) is 2.55. The number of hydrogen-bond donors (Lipinski definition) is 0. The average Bonchev–Trinajstić information content (AvgIpc) is 2.83. The van der Waals surface area contributed by atoms with Crippen LogP contribution < -0.4 is 0 Å². The second-order valence-corrected chi connectivity index (χ2v) is 4.41. The third-order valence-corrected chi connectivity index (χ3v) is 3.38. The lowest BCUT2D eigenvalue weighted by Crippen LogP contribution is -1.80. The maximum absolute atomic E-state index is 4.47. The highest BCUT2D eigenvalue weighted by Gasteiger charge is 2.09. The standard InChI is InChI=1S/C16H10N2/c1-2-6-14-12(4-1)8-11-5-3-7-13(11)15-9-17-10-18-16(14)15/h1-10H. The monoisotopic (exact) mass is 230 g/mol. The smallest absolute Gasteiger partial charge is 0.116 e. The Labute approximate surface area is 104 Å². The van der Waals surface area contributed by atoms with Crippen LogP contribution in [0.4, 0.5) is 0 Å². The molecular formula is C16H10N2. The van der Waals surface area contributed by atoms with Gasteiger partial charge in [-0.2, -0.15) is 0 Å². The third-order valence-electron chi connectivity index (χ3n) is 3.38. The van der Waals surface area contributed by atoms with Crippen LogP contribution in [0.2, 0.25) is 0 Å². The summed E-state index contributed by atoms with van der Waals surface area (Å²) in [6, 6.07) is 16.9. The lowest BCUT2D eigenvalue weighted by Gasteiger charge is -1.97. The summed E-state index contributed by atoms with van der Waals surface area (Å²) >= 11 is 0. The first kappa shape index (κ1) is 9.54. The van der Waals surface area contributed by atoms with Crippen LogP contribution in [0.25, 0.3) is 32.8 Å². The molecule has 0 saturated carbocycles. The Kier molecular flexibility index (Phi) is 1.86. The van der Waals surface area contributed by atoms with E-state index >= 15 is 0 Å². The number of benzene rings is 1. The Morgan fingerprint density at radius 1 is 0.833 bits per heavy atom. The molecule has 2 aromatic rings. The zero-order valence-electron chi connectivity index (χ0n) is 9.67. The van der Waals surface area contributed by atoms with E-state index in [4.69, 9.17) is 0 Å². The number of fused-ring (bicyclic) bond motifs is 5. The topological polar surface area (TPSA) is 25.8 Å². The Morgan fingerprint density at radius 2 is 1.78 bits per heavy atom. The molecule has 0 amide bonds. The van der Waals surface area contributed by atoms with Gasteiger partial charge in [-0.25, -0.2) is 9.97 Å². The van der Waals surface area contributed by atoms with Crippen LogP contribution in [0.3, 0.4) is 0 Å². The first-order valence-electron chi connectivity index (χ1n) is 5.94. The second-order valence-electron chi connectivity index (χ2n) is 4.41. The molecule has 0 spiro atoms. The van der Waals surface area contributed by atoms with Crippen molar-refractivity contribution in [2.24, 2.45) is 0 Å². The summed E-state index contributed by atoms with van der Waals surface area (Å²) in [6.07, 6.45) is 3.51. The molecule has 2 aliphatic carbocycles. The molecule has 0 N–H and O–H groups in total. The van der Waals surface area contributed by atoms with E-state index in [0.29, 0.717) is 0 Å². The maximum atomic E-state index is 4.47. The fraction of sp³-hybridized carbons (Fsp3) is 0. The summed E-state index contributed by atoms with van der Waals surface area (Å²) in [5.41, 5.74) is 3.46. The fourth-order valence-corrected chi connectivity index (χ4v) is 2.55. The molecule has 0 atom stereocenters. The van der Waals surface area contributed by atoms with Gasteiger partial charge in [0.2, 0.25) is 0 Å². The number of hydrogen-bond acceptors (Lipinski definition) is 2. The van der Waals surface area contributed by atoms with E-state index in [9.17, 15) is 0 Å². The van der Waals surface area contributed by atoms with Gasteiger partial charge in [-0.05, 0) is 22.6 Å². The van der Waals surface area contributed by atoms with Crippen LogP contribution in [0.1, 0.15) is 0 Å². The first-order valence-corrected chi connectivity index (χ1v) is 5.94. The van der Waals surface area contributed by atoms with Crippen molar-refractivity contribution in [3.63, 3.8) is 0 Å². The molecule has 2 nitrogen and oxygen atoms in total. The highest BCUT2D eigenvalue weighted by molar-refractivity contribution is 6.10. The predicted molar refractivity (Wildman–Crippen MR) is 73.7 cm³/mol. The van der Waals surface area contributed by atoms with Crippen molar-refractivity contribution in [2.45, 2.75) is 0 Å². The minimum absolute atomic E-state index is 1.02. The van der Waals surface area contributed by atoms with Crippen molar-refractivity contribution in [1.82, 2.24) is 9.97 Å². The minimum Gasteiger partial charge on any atom is -0.244 e. The summed E-state index contributed by atoms with van der Waals surface area (Å²) < 4.78 is 0. The Bertz CT molecular complexity index is 836. The van der Waals surface area contributed by atoms with Crippen LogP contribution in [-0.2, 0) is 0 Å². The Balaban J connectivity index is 2.40. The molecule has 0 unspecified atom stereocenters. The normalized spacial score (nSPS) is 11.3. The molecule has 0 aliphatic heterocycles. The van der Waals surface area contributed by atoms with E-state index in [0.717, 1.165) is 10.9 Å². The largest absolute Gasteiger partial charge is 0.244 e. The van der Waals surface area contributed by atoms with Gasteiger partial charge in [0.05, 0.1) is 5.52 Å². The lowest BCUT2D eigenvalue weighted by atomic mass is 10.1. The van der Waals surface area contributed by atoms with E-state index in [1.807, 2.05) is 6.20 Å². The van der Waals surface area contributed by atoms with Crippen molar-refractivity contribution in [1.29, 1.82) is 0 Å². The minimum atomic E-state index is 1.02. The van der Waals surface area contributed by atoms with Crippen molar-refractivity contribution in [2.75, 3.05) is 0 Å². The molecule has 2 heteroatoms. The number of rotatable bonds is 0. The number of nitrogens with zero attached hydrogens (tertiary/aromatic N) is 2. The second kappa shape index (κ2) is 3.50. The van der Waals surface area contributed by atoms with E-state index in [1.54, 1.807) is 6.33 Å². The Morgan fingerprint density at radius 3 is 2.78 bits per heavy atom. The van der Waals surface area contributed by atoms with E-state index in [-0.39, 0.29) is 0 Å². The highest BCUT2D eigenvalue weighted by Crippen LogP contribution is 2.33. The summed E-state index contributed by atoms with van der Waals surface area (Å²) in [6.45, 7) is 0. The predicted octanol–water partition coefficient (Wildman–Crippen LogP) is 3.89. The van der Waals surface area contributed by atoms with E-state index < -0.39 is 0 Å². The molecule has 1 aromatic carbocycles. The van der Waals surface area contributed by atoms with Crippen molar-refractivity contribution < 1.29 is 0 Å². The van der Waals surface area contributed by atoms with Gasteiger partial charge in [-0.15, -0.1) is 0 Å². The first-order chi connectivity index (χ1) is 8.93. The van der Waals surface area contributed by atoms with Crippen LogP contribution in [-0.4, -0.2) is 9.97 Å². The molecule has 4 rings (SSSR count). The van der Waals surface area contributed by atoms with Gasteiger partial charge in [0.1, 0.15) is 6.33 Å². The summed E-state index contributed by atoms with van der Waals surface area (Å²) in [5, 5.41) is 3.49. The van der Waals surface area contributed by atoms with Gasteiger partial charge in [0.15, 0.2) is 0 Å². The molecule has 0 saturated heterocycles. The molecule has 2 aliphatic rings. The van der Waals surface area contributed by atoms with Gasteiger partial charge in [0.25, 0.3) is 0 Å². The summed E-state index contributed by atoms with van der Waals surface area (Å²) in [7, 11) is 0. The summed E-state index contributed by atoms with van der Waals surface area (Å²) in [4.78, 5) is 8.63. The van der Waals surface area contributed by atoms with Gasteiger partial charge in [-0.1, -0.05) is 42.5 Å². The van der Waals surface area contributed by atoms with E-state index in [1.165, 1.54) is 21.9 Å².